The molecule has 106 valence electrons. The zero-order valence-corrected chi connectivity index (χ0v) is 13.3. The molecule has 1 aromatic heterocycles. The van der Waals surface area contributed by atoms with Gasteiger partial charge in [0.05, 0.1) is 5.69 Å². The van der Waals surface area contributed by atoms with Crippen LogP contribution in [-0.2, 0) is 12.5 Å². The topological polar surface area (TPSA) is 38.1 Å². The third kappa shape index (κ3) is 1.58. The summed E-state index contributed by atoms with van der Waals surface area (Å²) in [6.45, 7) is 14.7. The van der Waals surface area contributed by atoms with E-state index < -0.39 is 0 Å². The van der Waals surface area contributed by atoms with Crippen molar-refractivity contribution >= 4 is 5.91 Å². The van der Waals surface area contributed by atoms with E-state index in [1.807, 2.05) is 23.4 Å². The second-order valence-electron chi connectivity index (χ2n) is 6.87. The zero-order valence-electron chi connectivity index (χ0n) is 13.3. The number of hydrogen-bond donors (Lipinski definition) is 0. The first-order valence-corrected chi connectivity index (χ1v) is 6.91. The first-order valence-electron chi connectivity index (χ1n) is 6.91. The summed E-state index contributed by atoms with van der Waals surface area (Å²) < 4.78 is 1.92. The van der Waals surface area contributed by atoms with Gasteiger partial charge in [0.1, 0.15) is 11.5 Å². The molecule has 2 rings (SSSR count). The maximum Gasteiger partial charge on any atom is 0.273 e. The van der Waals surface area contributed by atoms with Crippen LogP contribution >= 0.6 is 0 Å². The number of aryl methyl sites for hydroxylation is 1. The molecule has 19 heavy (non-hydrogen) atoms. The number of carbonyl (C=O) groups excluding carboxylic acids is 1. The highest BCUT2D eigenvalue weighted by atomic mass is 16.2. The minimum Gasteiger partial charge on any atom is -0.329 e. The average molecular weight is 263 g/mol. The van der Waals surface area contributed by atoms with Crippen molar-refractivity contribution in [3.8, 4) is 0 Å². The van der Waals surface area contributed by atoms with Crippen molar-refractivity contribution in [2.24, 2.45) is 7.05 Å². The number of fused-ring (bicyclic) bond motifs is 1. The van der Waals surface area contributed by atoms with Gasteiger partial charge >= 0.3 is 0 Å². The molecule has 0 aliphatic carbocycles. The predicted molar refractivity (Wildman–Crippen MR) is 76.4 cm³/mol. The first kappa shape index (κ1) is 14.1. The molecule has 0 bridgehead atoms. The lowest BCUT2D eigenvalue weighted by molar-refractivity contribution is 0.0120. The van der Waals surface area contributed by atoms with Crippen LogP contribution in [0.15, 0.2) is 0 Å². The molecule has 0 fully saturated rings. The van der Waals surface area contributed by atoms with E-state index in [4.69, 9.17) is 0 Å². The molecule has 1 amide bonds. The molecule has 2 heterocycles. The lowest BCUT2D eigenvalue weighted by atomic mass is 9.67. The number of aromatic nitrogens is 2. The lowest BCUT2D eigenvalue weighted by Crippen LogP contribution is -2.64. The minimum absolute atomic E-state index is 0.0948. The summed E-state index contributed by atoms with van der Waals surface area (Å²) in [5.41, 5.74) is 1.24. The van der Waals surface area contributed by atoms with Crippen molar-refractivity contribution < 1.29 is 4.79 Å². The van der Waals surface area contributed by atoms with Crippen molar-refractivity contribution in [2.75, 3.05) is 0 Å². The Morgan fingerprint density at radius 3 is 2.16 bits per heavy atom. The predicted octanol–water partition coefficient (Wildman–Crippen LogP) is 2.65. The second-order valence-corrected chi connectivity index (χ2v) is 6.87. The molecule has 0 atom stereocenters. The summed E-state index contributed by atoms with van der Waals surface area (Å²) in [7, 11) is 1.92. The first-order chi connectivity index (χ1) is 8.53. The maximum absolute atomic E-state index is 12.9. The smallest absolute Gasteiger partial charge is 0.273 e. The Morgan fingerprint density at radius 2 is 1.68 bits per heavy atom. The number of rotatable bonds is 1. The molecular formula is C15H25N3O. The number of amides is 1. The number of hydrogen-bond acceptors (Lipinski definition) is 2. The molecule has 4 nitrogen and oxygen atoms in total. The molecule has 0 unspecified atom stereocenters. The van der Waals surface area contributed by atoms with Crippen LogP contribution in [0.25, 0.3) is 0 Å². The molecule has 0 radical (unpaired) electrons. The molecule has 1 aliphatic heterocycles. The molecule has 4 heteroatoms. The molecule has 1 aromatic rings. The van der Waals surface area contributed by atoms with E-state index in [0.29, 0.717) is 0 Å². The van der Waals surface area contributed by atoms with Crippen LogP contribution in [0, 0.1) is 6.92 Å². The van der Waals surface area contributed by atoms with E-state index >= 15 is 0 Å². The summed E-state index contributed by atoms with van der Waals surface area (Å²) in [5.74, 6) is 0.991. The van der Waals surface area contributed by atoms with Gasteiger partial charge in [-0.2, -0.15) is 0 Å². The van der Waals surface area contributed by atoms with E-state index in [1.165, 1.54) is 0 Å². The highest BCUT2D eigenvalue weighted by molar-refractivity contribution is 5.96. The van der Waals surface area contributed by atoms with E-state index in [1.54, 1.807) is 0 Å². The van der Waals surface area contributed by atoms with Crippen molar-refractivity contribution in [2.45, 2.75) is 65.5 Å². The van der Waals surface area contributed by atoms with Crippen molar-refractivity contribution in [3.05, 3.63) is 17.2 Å². The third-order valence-electron chi connectivity index (χ3n) is 4.98. The number of carbonyl (C=O) groups is 1. The standard InChI is InChI=1S/C15H25N3O/c1-9(2)18-13(19)11-12(16-10(3)17(11)8)14(4,5)15(18,6)7/h9H,1-8H3. The molecular weight excluding hydrogens is 238 g/mol. The van der Waals surface area contributed by atoms with Crippen LogP contribution in [0.1, 0.15) is 63.5 Å². The highest BCUT2D eigenvalue weighted by Crippen LogP contribution is 2.45. The summed E-state index contributed by atoms with van der Waals surface area (Å²) >= 11 is 0. The minimum atomic E-state index is -0.258. The van der Waals surface area contributed by atoms with Crippen molar-refractivity contribution in [1.29, 1.82) is 0 Å². The fourth-order valence-corrected chi connectivity index (χ4v) is 3.13. The molecule has 0 N–H and O–H groups in total. The van der Waals surface area contributed by atoms with Gasteiger partial charge in [-0.1, -0.05) is 13.8 Å². The molecule has 0 saturated carbocycles. The Morgan fingerprint density at radius 1 is 1.16 bits per heavy atom. The van der Waals surface area contributed by atoms with Gasteiger partial charge in [-0.3, -0.25) is 4.79 Å². The van der Waals surface area contributed by atoms with Crippen LogP contribution in [0.4, 0.5) is 0 Å². The average Bonchev–Trinajstić information content (AvgIpc) is 2.53. The van der Waals surface area contributed by atoms with Gasteiger partial charge in [0.2, 0.25) is 0 Å². The quantitative estimate of drug-likeness (QED) is 0.781. The largest absolute Gasteiger partial charge is 0.329 e. The molecule has 1 aliphatic rings. The molecule has 0 saturated heterocycles. The Bertz CT molecular complexity index is 538. The zero-order chi connectivity index (χ0) is 14.7. The van der Waals surface area contributed by atoms with Gasteiger partial charge < -0.3 is 9.47 Å². The normalized spacial score (nSPS) is 20.9. The molecule has 0 spiro atoms. The molecule has 0 aromatic carbocycles. The van der Waals surface area contributed by atoms with Gasteiger partial charge in [0.25, 0.3) is 5.91 Å². The van der Waals surface area contributed by atoms with Crippen LogP contribution in [0.5, 0.6) is 0 Å². The summed E-state index contributed by atoms with van der Waals surface area (Å²) in [6, 6.07) is 0.171. The van der Waals surface area contributed by atoms with E-state index in [9.17, 15) is 4.79 Å². The Labute approximate surface area is 115 Å². The lowest BCUT2D eigenvalue weighted by Gasteiger charge is -2.53. The monoisotopic (exact) mass is 263 g/mol. The van der Waals surface area contributed by atoms with Crippen LogP contribution in [0.3, 0.4) is 0 Å². The van der Waals surface area contributed by atoms with Crippen LogP contribution in [-0.4, -0.2) is 31.9 Å². The van der Waals surface area contributed by atoms with Crippen molar-refractivity contribution in [3.63, 3.8) is 0 Å². The SMILES string of the molecule is Cc1nc2c(n1C)C(=O)N(C(C)C)C(C)(C)C2(C)C. The summed E-state index contributed by atoms with van der Waals surface area (Å²) in [5, 5.41) is 0. The number of nitrogens with zero attached hydrogens (tertiary/aromatic N) is 3. The Balaban J connectivity index is 2.78. The number of imidazole rings is 1. The fraction of sp³-hybridized carbons (Fsp3) is 0.733. The van der Waals surface area contributed by atoms with Gasteiger partial charge in [-0.25, -0.2) is 4.98 Å². The summed E-state index contributed by atoms with van der Waals surface area (Å²) in [4.78, 5) is 19.5. The van der Waals surface area contributed by atoms with Crippen LogP contribution < -0.4 is 0 Å². The van der Waals surface area contributed by atoms with E-state index in [2.05, 4.69) is 46.5 Å². The van der Waals surface area contributed by atoms with Crippen LogP contribution in [0.2, 0.25) is 0 Å². The van der Waals surface area contributed by atoms with Crippen molar-refractivity contribution in [1.82, 2.24) is 14.5 Å². The van der Waals surface area contributed by atoms with Gasteiger partial charge in [0, 0.05) is 24.0 Å². The van der Waals surface area contributed by atoms with E-state index in [0.717, 1.165) is 17.2 Å². The maximum atomic E-state index is 12.9. The van der Waals surface area contributed by atoms with Gasteiger partial charge in [-0.05, 0) is 34.6 Å². The Hall–Kier alpha value is -1.32. The second kappa shape index (κ2) is 3.84. The van der Waals surface area contributed by atoms with E-state index in [-0.39, 0.29) is 22.9 Å². The third-order valence-corrected chi connectivity index (χ3v) is 4.98. The fourth-order valence-electron chi connectivity index (χ4n) is 3.13. The van der Waals surface area contributed by atoms with Gasteiger partial charge in [0.15, 0.2) is 0 Å². The van der Waals surface area contributed by atoms with Gasteiger partial charge in [-0.15, -0.1) is 0 Å². The highest BCUT2D eigenvalue weighted by Gasteiger charge is 2.54. The summed E-state index contributed by atoms with van der Waals surface area (Å²) in [6.07, 6.45) is 0. The Kier molecular flexibility index (Phi) is 2.85.